The lowest BCUT2D eigenvalue weighted by Crippen LogP contribution is -2.28. The standard InChI is InChI=1S/C25H26N4O4S/c1-4-29-22-14-7-5-12-20(22)26-24(29)17-28(2)25(30)18-10-9-11-19(16-18)34(31,32)27-21-13-6-8-15-23(21)33-3/h5-16,27H,4,17H2,1-3H3. The third kappa shape index (κ3) is 4.60. The topological polar surface area (TPSA) is 93.5 Å². The Bertz CT molecular complexity index is 1450. The molecule has 0 unspecified atom stereocenters. The highest BCUT2D eigenvalue weighted by molar-refractivity contribution is 7.92. The van der Waals surface area contributed by atoms with Crippen LogP contribution in [0, 0.1) is 0 Å². The third-order valence-corrected chi connectivity index (χ3v) is 6.88. The van der Waals surface area contributed by atoms with Gasteiger partial charge in [0, 0.05) is 19.2 Å². The van der Waals surface area contributed by atoms with Gasteiger partial charge in [0.25, 0.3) is 15.9 Å². The first-order chi connectivity index (χ1) is 16.3. The predicted molar refractivity (Wildman–Crippen MR) is 131 cm³/mol. The Morgan fingerprint density at radius 1 is 1.06 bits per heavy atom. The van der Waals surface area contributed by atoms with E-state index >= 15 is 0 Å². The van der Waals surface area contributed by atoms with Crippen molar-refractivity contribution in [1.29, 1.82) is 0 Å². The predicted octanol–water partition coefficient (Wildman–Crippen LogP) is 4.14. The Morgan fingerprint density at radius 2 is 1.79 bits per heavy atom. The molecule has 0 aliphatic carbocycles. The summed E-state index contributed by atoms with van der Waals surface area (Å²) in [6.45, 7) is 3.04. The maximum absolute atomic E-state index is 13.2. The Labute approximate surface area is 198 Å². The van der Waals surface area contributed by atoms with Crippen LogP contribution in [-0.2, 0) is 23.1 Å². The fourth-order valence-corrected chi connectivity index (χ4v) is 4.95. The van der Waals surface area contributed by atoms with Crippen molar-refractivity contribution in [3.8, 4) is 5.75 Å². The second-order valence-corrected chi connectivity index (χ2v) is 9.44. The van der Waals surface area contributed by atoms with Gasteiger partial charge in [0.15, 0.2) is 0 Å². The van der Waals surface area contributed by atoms with Crippen LogP contribution in [0.15, 0.2) is 77.7 Å². The second kappa shape index (κ2) is 9.56. The maximum atomic E-state index is 13.2. The van der Waals surface area contributed by atoms with E-state index in [-0.39, 0.29) is 22.9 Å². The number of hydrogen-bond acceptors (Lipinski definition) is 5. The molecule has 0 bridgehead atoms. The molecule has 1 amide bonds. The number of para-hydroxylation sites is 4. The summed E-state index contributed by atoms with van der Waals surface area (Å²) in [6.07, 6.45) is 0. The minimum atomic E-state index is -3.93. The van der Waals surface area contributed by atoms with Crippen LogP contribution < -0.4 is 9.46 Å². The van der Waals surface area contributed by atoms with E-state index in [1.807, 2.05) is 31.2 Å². The fraction of sp³-hybridized carbons (Fsp3) is 0.200. The number of nitrogens with zero attached hydrogens (tertiary/aromatic N) is 3. The summed E-state index contributed by atoms with van der Waals surface area (Å²) in [5, 5.41) is 0. The zero-order chi connectivity index (χ0) is 24.3. The number of ether oxygens (including phenoxy) is 1. The highest BCUT2D eigenvalue weighted by Gasteiger charge is 2.21. The molecule has 34 heavy (non-hydrogen) atoms. The Hall–Kier alpha value is -3.85. The molecule has 0 fully saturated rings. The number of hydrogen-bond donors (Lipinski definition) is 1. The number of aryl methyl sites for hydroxylation is 1. The lowest BCUT2D eigenvalue weighted by atomic mass is 10.2. The van der Waals surface area contributed by atoms with Crippen molar-refractivity contribution in [1.82, 2.24) is 14.5 Å². The highest BCUT2D eigenvalue weighted by atomic mass is 32.2. The Morgan fingerprint density at radius 3 is 2.56 bits per heavy atom. The summed E-state index contributed by atoms with van der Waals surface area (Å²) < 4.78 is 35.8. The molecule has 1 heterocycles. The summed E-state index contributed by atoms with van der Waals surface area (Å²) in [7, 11) is -0.788. The van der Waals surface area contributed by atoms with Crippen LogP contribution in [0.25, 0.3) is 11.0 Å². The van der Waals surface area contributed by atoms with Gasteiger partial charge in [0.1, 0.15) is 11.6 Å². The van der Waals surface area contributed by atoms with Crippen molar-refractivity contribution >= 4 is 32.7 Å². The van der Waals surface area contributed by atoms with Crippen LogP contribution in [0.1, 0.15) is 23.1 Å². The van der Waals surface area contributed by atoms with Crippen molar-refractivity contribution in [3.63, 3.8) is 0 Å². The fourth-order valence-electron chi connectivity index (χ4n) is 3.83. The molecule has 1 N–H and O–H groups in total. The largest absolute Gasteiger partial charge is 0.495 e. The van der Waals surface area contributed by atoms with Gasteiger partial charge < -0.3 is 14.2 Å². The van der Waals surface area contributed by atoms with Crippen molar-refractivity contribution < 1.29 is 17.9 Å². The lowest BCUT2D eigenvalue weighted by molar-refractivity contribution is 0.0780. The SMILES string of the molecule is CCn1c(CN(C)C(=O)c2cccc(S(=O)(=O)Nc3ccccc3OC)c2)nc2ccccc21. The number of anilines is 1. The van der Waals surface area contributed by atoms with Crippen molar-refractivity contribution in [2.75, 3.05) is 18.9 Å². The summed E-state index contributed by atoms with van der Waals surface area (Å²) in [5.41, 5.74) is 2.47. The smallest absolute Gasteiger partial charge is 0.262 e. The van der Waals surface area contributed by atoms with Gasteiger partial charge in [-0.1, -0.05) is 30.3 Å². The zero-order valence-corrected chi connectivity index (χ0v) is 20.0. The first-order valence-corrected chi connectivity index (χ1v) is 12.3. The first kappa shape index (κ1) is 23.3. The molecule has 1 aromatic heterocycles. The molecule has 0 aliphatic heterocycles. The van der Waals surface area contributed by atoms with E-state index in [1.54, 1.807) is 43.4 Å². The highest BCUT2D eigenvalue weighted by Crippen LogP contribution is 2.26. The van der Waals surface area contributed by atoms with Crippen LogP contribution in [0.4, 0.5) is 5.69 Å². The van der Waals surface area contributed by atoms with E-state index in [9.17, 15) is 13.2 Å². The third-order valence-electron chi connectivity index (χ3n) is 5.52. The molecule has 9 heteroatoms. The van der Waals surface area contributed by atoms with Gasteiger partial charge in [-0.05, 0) is 49.4 Å². The van der Waals surface area contributed by atoms with E-state index < -0.39 is 10.0 Å². The molecule has 0 saturated carbocycles. The Kier molecular flexibility index (Phi) is 6.56. The van der Waals surface area contributed by atoms with E-state index in [4.69, 9.17) is 4.74 Å². The number of imidazole rings is 1. The molecule has 4 rings (SSSR count). The molecule has 4 aromatic rings. The van der Waals surface area contributed by atoms with Crippen molar-refractivity contribution in [2.24, 2.45) is 0 Å². The van der Waals surface area contributed by atoms with Gasteiger partial charge in [-0.15, -0.1) is 0 Å². The number of methoxy groups -OCH3 is 1. The van der Waals surface area contributed by atoms with Crippen LogP contribution >= 0.6 is 0 Å². The number of aromatic nitrogens is 2. The zero-order valence-electron chi connectivity index (χ0n) is 19.2. The number of sulfonamides is 1. The quantitative estimate of drug-likeness (QED) is 0.411. The Balaban J connectivity index is 1.57. The number of rotatable bonds is 8. The van der Waals surface area contributed by atoms with Gasteiger partial charge >= 0.3 is 0 Å². The van der Waals surface area contributed by atoms with Gasteiger partial charge in [-0.2, -0.15) is 0 Å². The molecular weight excluding hydrogens is 452 g/mol. The molecule has 176 valence electrons. The van der Waals surface area contributed by atoms with Crippen LogP contribution in [-0.4, -0.2) is 42.9 Å². The van der Waals surface area contributed by atoms with Crippen LogP contribution in [0.2, 0.25) is 0 Å². The number of nitrogens with one attached hydrogen (secondary N) is 1. The number of benzene rings is 3. The van der Waals surface area contributed by atoms with Crippen LogP contribution in [0.5, 0.6) is 5.75 Å². The molecule has 0 aliphatic rings. The number of carbonyl (C=O) groups excluding carboxylic acids is 1. The van der Waals surface area contributed by atoms with E-state index in [2.05, 4.69) is 14.3 Å². The number of amides is 1. The monoisotopic (exact) mass is 478 g/mol. The molecular formula is C25H26N4O4S. The van der Waals surface area contributed by atoms with Gasteiger partial charge in [-0.3, -0.25) is 9.52 Å². The maximum Gasteiger partial charge on any atom is 0.262 e. The van der Waals surface area contributed by atoms with Gasteiger partial charge in [-0.25, -0.2) is 13.4 Å². The number of carbonyl (C=O) groups is 1. The average molecular weight is 479 g/mol. The van der Waals surface area contributed by atoms with Gasteiger partial charge in [0.05, 0.1) is 35.3 Å². The molecule has 0 radical (unpaired) electrons. The van der Waals surface area contributed by atoms with Crippen molar-refractivity contribution in [3.05, 3.63) is 84.2 Å². The van der Waals surface area contributed by atoms with E-state index in [1.165, 1.54) is 24.1 Å². The molecule has 0 saturated heterocycles. The second-order valence-electron chi connectivity index (χ2n) is 7.76. The molecule has 0 atom stereocenters. The van der Waals surface area contributed by atoms with Crippen molar-refractivity contribution in [2.45, 2.75) is 24.9 Å². The minimum absolute atomic E-state index is 0.0153. The molecule has 3 aromatic carbocycles. The van der Waals surface area contributed by atoms with E-state index in [0.29, 0.717) is 11.4 Å². The summed E-state index contributed by atoms with van der Waals surface area (Å²) >= 11 is 0. The average Bonchev–Trinajstić information content (AvgIpc) is 3.20. The van der Waals surface area contributed by atoms with Crippen LogP contribution in [0.3, 0.4) is 0 Å². The van der Waals surface area contributed by atoms with Gasteiger partial charge in [0.2, 0.25) is 0 Å². The molecule has 0 spiro atoms. The van der Waals surface area contributed by atoms with E-state index in [0.717, 1.165) is 23.4 Å². The normalized spacial score (nSPS) is 11.4. The summed E-state index contributed by atoms with van der Waals surface area (Å²) in [4.78, 5) is 19.3. The molecule has 8 nitrogen and oxygen atoms in total. The lowest BCUT2D eigenvalue weighted by Gasteiger charge is -2.18. The minimum Gasteiger partial charge on any atom is -0.495 e. The first-order valence-electron chi connectivity index (χ1n) is 10.8. The number of fused-ring (bicyclic) bond motifs is 1. The summed E-state index contributed by atoms with van der Waals surface area (Å²) in [5.74, 6) is 0.863. The summed E-state index contributed by atoms with van der Waals surface area (Å²) in [6, 6.07) is 20.5.